The Labute approximate surface area is 108 Å². The van der Waals surface area contributed by atoms with E-state index in [4.69, 9.17) is 0 Å². The number of rotatable bonds is 4. The number of carbonyl (C=O) groups excluding carboxylic acids is 1. The molecule has 0 radical (unpaired) electrons. The van der Waals surface area contributed by atoms with E-state index in [0.29, 0.717) is 18.7 Å². The van der Waals surface area contributed by atoms with Gasteiger partial charge in [0.2, 0.25) is 0 Å². The lowest BCUT2D eigenvalue weighted by molar-refractivity contribution is 0.191. The van der Waals surface area contributed by atoms with Crippen molar-refractivity contribution in [3.05, 3.63) is 35.6 Å². The van der Waals surface area contributed by atoms with Crippen molar-refractivity contribution in [2.75, 3.05) is 13.1 Å². The standard InChI is InChI=1S/C14H21FN2O/c1-5-17(6-2)13(18)16-14(3,4)11-9-7-8-10-12(11)15/h7-10H,5-6H2,1-4H3,(H,16,18). The SMILES string of the molecule is CCN(CC)C(=O)NC(C)(C)c1ccccc1F. The van der Waals surface area contributed by atoms with E-state index in [9.17, 15) is 9.18 Å². The summed E-state index contributed by atoms with van der Waals surface area (Å²) in [6.07, 6.45) is 0. The van der Waals surface area contributed by atoms with E-state index in [1.165, 1.54) is 6.07 Å². The van der Waals surface area contributed by atoms with E-state index in [2.05, 4.69) is 5.32 Å². The number of urea groups is 1. The highest BCUT2D eigenvalue weighted by molar-refractivity contribution is 5.75. The third-order valence-electron chi connectivity index (χ3n) is 3.02. The molecule has 0 aliphatic carbocycles. The van der Waals surface area contributed by atoms with Crippen LogP contribution in [-0.2, 0) is 5.54 Å². The van der Waals surface area contributed by atoms with Crippen LogP contribution < -0.4 is 5.32 Å². The first-order valence-corrected chi connectivity index (χ1v) is 6.24. The normalized spacial score (nSPS) is 11.2. The fourth-order valence-electron chi connectivity index (χ4n) is 1.89. The summed E-state index contributed by atoms with van der Waals surface area (Å²) in [5.41, 5.74) is -0.240. The Kier molecular flexibility index (Phi) is 4.70. The van der Waals surface area contributed by atoms with E-state index in [1.807, 2.05) is 13.8 Å². The van der Waals surface area contributed by atoms with Crippen molar-refractivity contribution in [1.82, 2.24) is 10.2 Å². The average Bonchev–Trinajstić information content (AvgIpc) is 2.30. The van der Waals surface area contributed by atoms with Crippen LogP contribution in [0, 0.1) is 5.82 Å². The molecule has 2 amide bonds. The minimum atomic E-state index is -0.731. The second kappa shape index (κ2) is 5.85. The number of benzene rings is 1. The molecule has 0 bridgehead atoms. The number of hydrogen-bond acceptors (Lipinski definition) is 1. The van der Waals surface area contributed by atoms with Crippen molar-refractivity contribution in [2.45, 2.75) is 33.2 Å². The van der Waals surface area contributed by atoms with Gasteiger partial charge in [-0.2, -0.15) is 0 Å². The van der Waals surface area contributed by atoms with Gasteiger partial charge in [0.1, 0.15) is 5.82 Å². The van der Waals surface area contributed by atoms with Crippen LogP contribution in [-0.4, -0.2) is 24.0 Å². The molecule has 0 saturated carbocycles. The Morgan fingerprint density at radius 2 is 1.83 bits per heavy atom. The maximum absolute atomic E-state index is 13.7. The number of hydrogen-bond donors (Lipinski definition) is 1. The second-order valence-electron chi connectivity index (χ2n) is 4.71. The molecule has 0 unspecified atom stereocenters. The van der Waals surface area contributed by atoms with Crippen molar-refractivity contribution < 1.29 is 9.18 Å². The molecule has 1 rings (SSSR count). The van der Waals surface area contributed by atoms with Crippen LogP contribution in [0.25, 0.3) is 0 Å². The van der Waals surface area contributed by atoms with Crippen molar-refractivity contribution in [3.63, 3.8) is 0 Å². The van der Waals surface area contributed by atoms with Crippen LogP contribution in [0.3, 0.4) is 0 Å². The quantitative estimate of drug-likeness (QED) is 0.877. The smallest absolute Gasteiger partial charge is 0.318 e. The predicted molar refractivity (Wildman–Crippen MR) is 70.9 cm³/mol. The van der Waals surface area contributed by atoms with E-state index in [-0.39, 0.29) is 11.8 Å². The first-order valence-electron chi connectivity index (χ1n) is 6.24. The first-order chi connectivity index (χ1) is 8.42. The number of amides is 2. The Morgan fingerprint density at radius 1 is 1.28 bits per heavy atom. The van der Waals surface area contributed by atoms with Crippen molar-refractivity contribution in [2.24, 2.45) is 0 Å². The summed E-state index contributed by atoms with van der Waals surface area (Å²) in [6.45, 7) is 8.70. The van der Waals surface area contributed by atoms with Gasteiger partial charge in [-0.1, -0.05) is 18.2 Å². The molecule has 1 aromatic rings. The molecule has 0 aliphatic heterocycles. The van der Waals surface area contributed by atoms with Crippen LogP contribution in [0.2, 0.25) is 0 Å². The number of carbonyl (C=O) groups is 1. The number of halogens is 1. The van der Waals surface area contributed by atoms with Crippen LogP contribution in [0.1, 0.15) is 33.3 Å². The van der Waals surface area contributed by atoms with Gasteiger partial charge in [0, 0.05) is 18.7 Å². The lowest BCUT2D eigenvalue weighted by Gasteiger charge is -2.30. The van der Waals surface area contributed by atoms with Gasteiger partial charge in [0.25, 0.3) is 0 Å². The molecular weight excluding hydrogens is 231 g/mol. The summed E-state index contributed by atoms with van der Waals surface area (Å²) in [7, 11) is 0. The third kappa shape index (κ3) is 3.22. The van der Waals surface area contributed by atoms with E-state index in [1.54, 1.807) is 36.9 Å². The Morgan fingerprint density at radius 3 is 2.33 bits per heavy atom. The lowest BCUT2D eigenvalue weighted by atomic mass is 9.94. The molecule has 1 aromatic carbocycles. The third-order valence-corrected chi connectivity index (χ3v) is 3.02. The average molecular weight is 252 g/mol. The molecule has 0 spiro atoms. The fraction of sp³-hybridized carbons (Fsp3) is 0.500. The maximum Gasteiger partial charge on any atom is 0.318 e. The van der Waals surface area contributed by atoms with Gasteiger partial charge in [0.05, 0.1) is 5.54 Å². The van der Waals surface area contributed by atoms with Crippen LogP contribution >= 0.6 is 0 Å². The summed E-state index contributed by atoms with van der Waals surface area (Å²) in [6, 6.07) is 6.33. The Hall–Kier alpha value is -1.58. The molecule has 0 heterocycles. The molecule has 1 N–H and O–H groups in total. The van der Waals surface area contributed by atoms with Crippen LogP contribution in [0.4, 0.5) is 9.18 Å². The minimum absolute atomic E-state index is 0.173. The molecule has 3 nitrogen and oxygen atoms in total. The largest absolute Gasteiger partial charge is 0.329 e. The second-order valence-corrected chi connectivity index (χ2v) is 4.71. The predicted octanol–water partition coefficient (Wildman–Crippen LogP) is 3.11. The van der Waals surface area contributed by atoms with Gasteiger partial charge in [-0.3, -0.25) is 0 Å². The van der Waals surface area contributed by atoms with Crippen LogP contribution in [0.5, 0.6) is 0 Å². The summed E-state index contributed by atoms with van der Waals surface area (Å²) < 4.78 is 13.7. The Bertz CT molecular complexity index is 414. The van der Waals surface area contributed by atoms with Crippen LogP contribution in [0.15, 0.2) is 24.3 Å². The van der Waals surface area contributed by atoms with E-state index < -0.39 is 5.54 Å². The van der Waals surface area contributed by atoms with Crippen molar-refractivity contribution >= 4 is 6.03 Å². The molecule has 18 heavy (non-hydrogen) atoms. The zero-order chi connectivity index (χ0) is 13.8. The van der Waals surface area contributed by atoms with Gasteiger partial charge in [-0.05, 0) is 33.8 Å². The molecule has 0 aromatic heterocycles. The molecule has 0 aliphatic rings. The molecule has 0 saturated heterocycles. The van der Waals surface area contributed by atoms with E-state index >= 15 is 0 Å². The zero-order valence-corrected chi connectivity index (χ0v) is 11.5. The summed E-state index contributed by atoms with van der Waals surface area (Å²) >= 11 is 0. The van der Waals surface area contributed by atoms with E-state index in [0.717, 1.165) is 0 Å². The van der Waals surface area contributed by atoms with Gasteiger partial charge in [-0.25, -0.2) is 9.18 Å². The topological polar surface area (TPSA) is 32.3 Å². The monoisotopic (exact) mass is 252 g/mol. The maximum atomic E-state index is 13.7. The first kappa shape index (κ1) is 14.5. The molecular formula is C14H21FN2O. The van der Waals surface area contributed by atoms with Gasteiger partial charge < -0.3 is 10.2 Å². The van der Waals surface area contributed by atoms with Gasteiger partial charge >= 0.3 is 6.03 Å². The van der Waals surface area contributed by atoms with Gasteiger partial charge in [0.15, 0.2) is 0 Å². The molecule has 0 atom stereocenters. The minimum Gasteiger partial charge on any atom is -0.329 e. The van der Waals surface area contributed by atoms with Crippen molar-refractivity contribution in [1.29, 1.82) is 0 Å². The highest BCUT2D eigenvalue weighted by Gasteiger charge is 2.27. The number of nitrogens with zero attached hydrogens (tertiary/aromatic N) is 1. The summed E-state index contributed by atoms with van der Waals surface area (Å²) in [5.74, 6) is -0.303. The Balaban J connectivity index is 2.88. The molecule has 100 valence electrons. The highest BCUT2D eigenvalue weighted by Crippen LogP contribution is 2.22. The summed E-state index contributed by atoms with van der Waals surface area (Å²) in [4.78, 5) is 13.7. The highest BCUT2D eigenvalue weighted by atomic mass is 19.1. The molecule has 0 fully saturated rings. The fourth-order valence-corrected chi connectivity index (χ4v) is 1.89. The van der Waals surface area contributed by atoms with Crippen molar-refractivity contribution in [3.8, 4) is 0 Å². The molecule has 4 heteroatoms. The lowest BCUT2D eigenvalue weighted by Crippen LogP contribution is -2.48. The van der Waals surface area contributed by atoms with Gasteiger partial charge in [-0.15, -0.1) is 0 Å². The summed E-state index contributed by atoms with van der Waals surface area (Å²) in [5, 5.41) is 2.86. The zero-order valence-electron chi connectivity index (χ0n) is 11.5. The number of nitrogens with one attached hydrogen (secondary N) is 1.